The first-order valence-electron chi connectivity index (χ1n) is 13.4. The zero-order valence-electron chi connectivity index (χ0n) is 24.6. The molecule has 0 aliphatic carbocycles. The molecule has 45 heavy (non-hydrogen) atoms. The van der Waals surface area contributed by atoms with E-state index in [1.54, 1.807) is 36.4 Å². The quantitative estimate of drug-likeness (QED) is 0.200. The van der Waals surface area contributed by atoms with Gasteiger partial charge in [0.2, 0.25) is 6.29 Å². The van der Waals surface area contributed by atoms with Gasteiger partial charge >= 0.3 is 23.9 Å². The summed E-state index contributed by atoms with van der Waals surface area (Å²) >= 11 is 6.15. The van der Waals surface area contributed by atoms with E-state index >= 15 is 0 Å². The van der Waals surface area contributed by atoms with Gasteiger partial charge in [0.05, 0.1) is 0 Å². The second-order valence-corrected chi connectivity index (χ2v) is 10.1. The van der Waals surface area contributed by atoms with E-state index in [2.05, 4.69) is 9.78 Å². The fourth-order valence-electron chi connectivity index (χ4n) is 4.28. The Hall–Kier alpha value is -4.25. The maximum Gasteiger partial charge on any atom is 0.339 e. The van der Waals surface area contributed by atoms with Gasteiger partial charge in [-0.3, -0.25) is 19.6 Å². The summed E-state index contributed by atoms with van der Waals surface area (Å²) in [7, 11) is 0. The molecule has 1 fully saturated rings. The molecular weight excluding hydrogens is 624 g/mol. The second-order valence-electron chi connectivity index (χ2n) is 9.65. The van der Waals surface area contributed by atoms with Crippen LogP contribution in [0.15, 0.2) is 46.9 Å². The lowest BCUT2D eigenvalue weighted by Gasteiger charge is -2.42. The zero-order valence-corrected chi connectivity index (χ0v) is 25.4. The lowest BCUT2D eigenvalue weighted by atomic mass is 9.99. The normalized spacial score (nSPS) is 21.2. The summed E-state index contributed by atoms with van der Waals surface area (Å²) in [5, 5.41) is 1.44. The van der Waals surface area contributed by atoms with Crippen LogP contribution in [0.4, 0.5) is 0 Å². The van der Waals surface area contributed by atoms with E-state index in [9.17, 15) is 19.2 Å². The van der Waals surface area contributed by atoms with Crippen molar-refractivity contribution in [3.05, 3.63) is 53.1 Å². The minimum atomic E-state index is -1.54. The van der Waals surface area contributed by atoms with Crippen LogP contribution >= 0.6 is 11.6 Å². The van der Waals surface area contributed by atoms with Gasteiger partial charge in [-0.15, -0.1) is 0 Å². The number of aryl methyl sites for hydroxylation is 1. The van der Waals surface area contributed by atoms with E-state index in [-0.39, 0.29) is 5.75 Å². The molecule has 0 radical (unpaired) electrons. The summed E-state index contributed by atoms with van der Waals surface area (Å²) in [4.78, 5) is 85.4. The van der Waals surface area contributed by atoms with Crippen LogP contribution in [-0.2, 0) is 63.0 Å². The first-order chi connectivity index (χ1) is 21.4. The van der Waals surface area contributed by atoms with Crippen molar-refractivity contribution in [3.8, 4) is 17.1 Å². The summed E-state index contributed by atoms with van der Waals surface area (Å²) < 4.78 is 18.0. The van der Waals surface area contributed by atoms with Crippen molar-refractivity contribution < 1.29 is 72.2 Å². The molecule has 4 rings (SSSR count). The average Bonchev–Trinajstić information content (AvgIpc) is 3.30. The lowest BCUT2D eigenvalue weighted by Crippen LogP contribution is -2.63. The maximum absolute atomic E-state index is 11.6. The van der Waals surface area contributed by atoms with Crippen molar-refractivity contribution in [2.75, 3.05) is 6.61 Å². The Morgan fingerprint density at radius 1 is 0.756 bits per heavy atom. The second kappa shape index (κ2) is 15.2. The van der Waals surface area contributed by atoms with Crippen molar-refractivity contribution in [2.24, 2.45) is 0 Å². The third-order valence-corrected chi connectivity index (χ3v) is 6.33. The van der Waals surface area contributed by atoms with Gasteiger partial charge in [0, 0.05) is 49.2 Å². The van der Waals surface area contributed by atoms with E-state index in [1.165, 1.54) is 0 Å². The monoisotopic (exact) mass is 652 g/mol. The van der Waals surface area contributed by atoms with Gasteiger partial charge in [-0.2, -0.15) is 19.6 Å². The number of halogens is 1. The van der Waals surface area contributed by atoms with Gasteiger partial charge in [-0.1, -0.05) is 11.6 Å². The first-order valence-corrected chi connectivity index (χ1v) is 13.7. The number of carbonyl (C=O) groups is 4. The fraction of sp³-hybridized carbons (Fsp3) is 0.379. The van der Waals surface area contributed by atoms with Crippen molar-refractivity contribution >= 4 is 46.4 Å². The van der Waals surface area contributed by atoms with Crippen LogP contribution < -0.4 is 4.74 Å². The van der Waals surface area contributed by atoms with Gasteiger partial charge in [0.15, 0.2) is 18.3 Å². The molecule has 1 aliphatic heterocycles. The van der Waals surface area contributed by atoms with Gasteiger partial charge in [-0.05, 0) is 49.4 Å². The Bertz CT molecular complexity index is 1520. The molecule has 0 bridgehead atoms. The van der Waals surface area contributed by atoms with Gasteiger partial charge < -0.3 is 13.9 Å². The standard InChI is InChI=1S/C29H29ClO15/c1-14-22-12-20(30)8-11-23(22)37-25(14)19-6-9-21(10-7-19)36-29-28(45-42-18(5)34)27(44-41-17(4)33)26(43-40-16(3)32)24(38-29)13-35-39-15(2)31/h6-12,24,26-29H,13H2,1-5H3/t24-,26-,27+,28-,29-/m1/s1. The number of furan rings is 1. The summed E-state index contributed by atoms with van der Waals surface area (Å²) in [5.41, 5.74) is 2.27. The number of rotatable bonds is 12. The van der Waals surface area contributed by atoms with Crippen LogP contribution in [0.5, 0.6) is 5.75 Å². The van der Waals surface area contributed by atoms with E-state index in [4.69, 9.17) is 54.8 Å². The number of hydrogen-bond donors (Lipinski definition) is 0. The Morgan fingerprint density at radius 2 is 1.33 bits per heavy atom. The highest BCUT2D eigenvalue weighted by Crippen LogP contribution is 2.36. The lowest BCUT2D eigenvalue weighted by molar-refractivity contribution is -0.451. The van der Waals surface area contributed by atoms with E-state index in [0.29, 0.717) is 16.4 Å². The summed E-state index contributed by atoms with van der Waals surface area (Å²) in [6, 6.07) is 12.0. The maximum atomic E-state index is 11.6. The molecular formula is C29H29ClO15. The van der Waals surface area contributed by atoms with Crippen LogP contribution in [0.3, 0.4) is 0 Å². The van der Waals surface area contributed by atoms with Gasteiger partial charge in [0.25, 0.3) is 0 Å². The smallest absolute Gasteiger partial charge is 0.339 e. The Kier molecular flexibility index (Phi) is 11.3. The summed E-state index contributed by atoms with van der Waals surface area (Å²) in [6.07, 6.45) is -7.30. The largest absolute Gasteiger partial charge is 0.462 e. The number of carbonyl (C=O) groups excluding carboxylic acids is 4. The molecule has 0 spiro atoms. The van der Waals surface area contributed by atoms with Crippen LogP contribution in [0, 0.1) is 6.92 Å². The van der Waals surface area contributed by atoms with Crippen LogP contribution in [-0.4, -0.2) is 61.2 Å². The number of hydrogen-bond acceptors (Lipinski definition) is 15. The minimum absolute atomic E-state index is 0.238. The number of benzene rings is 2. The Morgan fingerprint density at radius 3 is 1.93 bits per heavy atom. The molecule has 1 saturated heterocycles. The summed E-state index contributed by atoms with van der Waals surface area (Å²) in [5.74, 6) is -2.51. The molecule has 0 unspecified atom stereocenters. The molecule has 1 aliphatic rings. The van der Waals surface area contributed by atoms with Crippen LogP contribution in [0.1, 0.15) is 33.3 Å². The third kappa shape index (κ3) is 8.91. The molecule has 242 valence electrons. The molecule has 0 saturated carbocycles. The van der Waals surface area contributed by atoms with Crippen LogP contribution in [0.2, 0.25) is 5.02 Å². The predicted octanol–water partition coefficient (Wildman–Crippen LogP) is 4.25. The topological polar surface area (TPSA) is 174 Å². The predicted molar refractivity (Wildman–Crippen MR) is 148 cm³/mol. The Balaban J connectivity index is 1.64. The average molecular weight is 653 g/mol. The molecule has 15 nitrogen and oxygen atoms in total. The molecule has 5 atom stereocenters. The summed E-state index contributed by atoms with van der Waals surface area (Å²) in [6.45, 7) is 5.67. The molecule has 0 amide bonds. The molecule has 3 aromatic rings. The van der Waals surface area contributed by atoms with Crippen LogP contribution in [0.25, 0.3) is 22.3 Å². The zero-order chi connectivity index (χ0) is 32.7. The van der Waals surface area contributed by atoms with Crippen molar-refractivity contribution in [1.82, 2.24) is 0 Å². The minimum Gasteiger partial charge on any atom is -0.462 e. The third-order valence-electron chi connectivity index (χ3n) is 6.10. The van der Waals surface area contributed by atoms with E-state index < -0.39 is 61.2 Å². The van der Waals surface area contributed by atoms with Gasteiger partial charge in [0.1, 0.15) is 29.8 Å². The molecule has 2 aromatic carbocycles. The highest BCUT2D eigenvalue weighted by atomic mass is 35.5. The van der Waals surface area contributed by atoms with E-state index in [0.717, 1.165) is 44.2 Å². The molecule has 0 N–H and O–H groups in total. The first kappa shape index (κ1) is 33.6. The molecule has 16 heteroatoms. The van der Waals surface area contributed by atoms with Crippen molar-refractivity contribution in [3.63, 3.8) is 0 Å². The number of fused-ring (bicyclic) bond motifs is 1. The molecule has 1 aromatic heterocycles. The molecule has 2 heterocycles. The fourth-order valence-corrected chi connectivity index (χ4v) is 4.45. The Labute approximate surface area is 260 Å². The van der Waals surface area contributed by atoms with Crippen molar-refractivity contribution in [2.45, 2.75) is 65.3 Å². The highest BCUT2D eigenvalue weighted by Gasteiger charge is 2.54. The van der Waals surface area contributed by atoms with Gasteiger partial charge in [-0.25, -0.2) is 19.2 Å². The number of ether oxygens (including phenoxy) is 2. The van der Waals surface area contributed by atoms with Crippen molar-refractivity contribution in [1.29, 1.82) is 0 Å². The highest BCUT2D eigenvalue weighted by molar-refractivity contribution is 6.31. The van der Waals surface area contributed by atoms with E-state index in [1.807, 2.05) is 13.0 Å². The SMILES string of the molecule is CC(=O)OOC[C@H]1O[C@@H](Oc2ccc(-c3oc4ccc(Cl)cc4c3C)cc2)[C@H](OOC(C)=O)[C@@H](OOC(C)=O)[C@@H]1OOC(C)=O.